The van der Waals surface area contributed by atoms with Crippen molar-refractivity contribution in [3.63, 3.8) is 0 Å². The molecule has 1 N–H and O–H groups in total. The third-order valence-corrected chi connectivity index (χ3v) is 5.84. The minimum atomic E-state index is -2.32. The average Bonchev–Trinajstić information content (AvgIpc) is 2.98. The van der Waals surface area contributed by atoms with Crippen LogP contribution in [0.1, 0.15) is 53.7 Å². The van der Waals surface area contributed by atoms with Crippen molar-refractivity contribution in [2.24, 2.45) is 0 Å². The van der Waals surface area contributed by atoms with Gasteiger partial charge < -0.3 is 10.1 Å². The minimum absolute atomic E-state index is 0.0952. The molecule has 1 saturated heterocycles. The molecule has 2 aromatic rings. The Morgan fingerprint density at radius 1 is 1.00 bits per heavy atom. The van der Waals surface area contributed by atoms with Crippen LogP contribution in [-0.4, -0.2) is 35.5 Å². The van der Waals surface area contributed by atoms with Gasteiger partial charge in [0.15, 0.2) is 10.7 Å². The molecule has 0 spiro atoms. The van der Waals surface area contributed by atoms with Crippen LogP contribution in [0.3, 0.4) is 0 Å². The van der Waals surface area contributed by atoms with Crippen molar-refractivity contribution in [2.45, 2.75) is 45.6 Å². The molecule has 0 unspecified atom stereocenters. The monoisotopic (exact) mass is 463 g/mol. The van der Waals surface area contributed by atoms with Gasteiger partial charge in [-0.15, -0.1) is 11.3 Å². The molecule has 2 heterocycles. The topological polar surface area (TPSA) is 54.5 Å². The van der Waals surface area contributed by atoms with Gasteiger partial charge in [0.2, 0.25) is 34.8 Å². The molecule has 11 heteroatoms. The van der Waals surface area contributed by atoms with Crippen LogP contribution >= 0.6 is 11.3 Å². The summed E-state index contributed by atoms with van der Waals surface area (Å²) in [6.45, 7) is 4.63. The Morgan fingerprint density at radius 3 is 2.16 bits per heavy atom. The van der Waals surface area contributed by atoms with Crippen LogP contribution in [0, 0.1) is 29.1 Å². The second-order valence-electron chi connectivity index (χ2n) is 7.19. The van der Waals surface area contributed by atoms with E-state index in [4.69, 9.17) is 0 Å². The number of nitrogens with zero attached hydrogens (tertiary/aromatic N) is 2. The van der Waals surface area contributed by atoms with Crippen molar-refractivity contribution in [1.82, 2.24) is 9.88 Å². The lowest BCUT2D eigenvalue weighted by atomic mass is 10.2. The van der Waals surface area contributed by atoms with Crippen molar-refractivity contribution >= 4 is 23.1 Å². The van der Waals surface area contributed by atoms with E-state index in [9.17, 15) is 26.7 Å². The number of benzene rings is 1. The molecule has 170 valence electrons. The van der Waals surface area contributed by atoms with Crippen molar-refractivity contribution < 1.29 is 31.5 Å². The Labute approximate surface area is 180 Å². The number of halogens is 5. The standard InChI is InChI=1S/C20H22F5N3O2S/c1-2-7-26-19-18(31-11(27-19)10-28-8-5-3-4-6-9-28)20(29)30-17-15(24)13(22)12(21)14(23)16(17)25/h26H,2-10H2,1H3. The zero-order chi connectivity index (χ0) is 22.5. The molecule has 1 aromatic carbocycles. The lowest BCUT2D eigenvalue weighted by Gasteiger charge is -2.17. The molecule has 0 atom stereocenters. The van der Waals surface area contributed by atoms with E-state index in [1.54, 1.807) is 0 Å². The number of hydrogen-bond donors (Lipinski definition) is 1. The Kier molecular flexibility index (Phi) is 7.82. The number of carbonyl (C=O) groups excluding carboxylic acids is 1. The van der Waals surface area contributed by atoms with E-state index in [0.717, 1.165) is 50.1 Å². The zero-order valence-electron chi connectivity index (χ0n) is 16.9. The van der Waals surface area contributed by atoms with E-state index in [1.165, 1.54) is 0 Å². The van der Waals surface area contributed by atoms with Gasteiger partial charge in [0.1, 0.15) is 5.01 Å². The number of thiazole rings is 1. The molecule has 31 heavy (non-hydrogen) atoms. The highest BCUT2D eigenvalue weighted by molar-refractivity contribution is 7.14. The molecule has 0 aliphatic carbocycles. The summed E-state index contributed by atoms with van der Waals surface area (Å²) in [5.41, 5.74) is 0. The quantitative estimate of drug-likeness (QED) is 0.200. The van der Waals surface area contributed by atoms with Crippen molar-refractivity contribution in [3.05, 3.63) is 39.0 Å². The van der Waals surface area contributed by atoms with Crippen molar-refractivity contribution in [1.29, 1.82) is 0 Å². The van der Waals surface area contributed by atoms with Crippen LogP contribution in [0.4, 0.5) is 27.8 Å². The normalized spacial score (nSPS) is 15.0. The summed E-state index contributed by atoms with van der Waals surface area (Å²) in [5.74, 6) is -13.8. The zero-order valence-corrected chi connectivity index (χ0v) is 17.7. The highest BCUT2D eigenvalue weighted by Gasteiger charge is 2.30. The number of carbonyl (C=O) groups is 1. The van der Waals surface area contributed by atoms with Gasteiger partial charge in [0.05, 0.1) is 6.54 Å². The van der Waals surface area contributed by atoms with Gasteiger partial charge in [-0.3, -0.25) is 4.90 Å². The lowest BCUT2D eigenvalue weighted by molar-refractivity contribution is 0.0722. The fourth-order valence-electron chi connectivity index (χ4n) is 3.23. The Bertz CT molecular complexity index is 916. The van der Waals surface area contributed by atoms with Gasteiger partial charge in [-0.2, -0.15) is 8.78 Å². The maximum absolute atomic E-state index is 13.9. The highest BCUT2D eigenvalue weighted by atomic mass is 32.1. The van der Waals surface area contributed by atoms with E-state index in [-0.39, 0.29) is 10.7 Å². The lowest BCUT2D eigenvalue weighted by Crippen LogP contribution is -2.23. The predicted molar refractivity (Wildman–Crippen MR) is 106 cm³/mol. The van der Waals surface area contributed by atoms with Crippen LogP contribution < -0.4 is 10.1 Å². The molecule has 0 amide bonds. The summed E-state index contributed by atoms with van der Waals surface area (Å²) in [4.78, 5) is 19.1. The summed E-state index contributed by atoms with van der Waals surface area (Å²) < 4.78 is 72.5. The molecule has 1 fully saturated rings. The van der Waals surface area contributed by atoms with E-state index >= 15 is 0 Å². The Morgan fingerprint density at radius 2 is 1.58 bits per heavy atom. The molecule has 5 nitrogen and oxygen atoms in total. The first kappa shape index (κ1) is 23.4. The van der Waals surface area contributed by atoms with Gasteiger partial charge in [-0.05, 0) is 32.4 Å². The molecular formula is C20H22F5N3O2S. The second-order valence-corrected chi connectivity index (χ2v) is 8.27. The molecule has 0 bridgehead atoms. The fourth-order valence-corrected chi connectivity index (χ4v) is 4.19. The van der Waals surface area contributed by atoms with E-state index in [2.05, 4.69) is 19.9 Å². The van der Waals surface area contributed by atoms with Crippen LogP contribution in [0.5, 0.6) is 5.75 Å². The third-order valence-electron chi connectivity index (χ3n) is 4.82. The number of ether oxygens (including phenoxy) is 1. The summed E-state index contributed by atoms with van der Waals surface area (Å²) >= 11 is 0.965. The molecule has 3 rings (SSSR count). The molecule has 0 radical (unpaired) electrons. The summed E-state index contributed by atoms with van der Waals surface area (Å²) in [6.07, 6.45) is 5.13. The highest BCUT2D eigenvalue weighted by Crippen LogP contribution is 2.32. The molecular weight excluding hydrogens is 441 g/mol. The predicted octanol–water partition coefficient (Wildman–Crippen LogP) is 5.26. The second kappa shape index (κ2) is 10.4. The third kappa shape index (κ3) is 5.32. The molecule has 1 aliphatic heterocycles. The van der Waals surface area contributed by atoms with Gasteiger partial charge >= 0.3 is 5.97 Å². The first-order valence-electron chi connectivity index (χ1n) is 10.0. The first-order valence-corrected chi connectivity index (χ1v) is 10.8. The number of nitrogens with one attached hydrogen (secondary N) is 1. The van der Waals surface area contributed by atoms with Crippen molar-refractivity contribution in [2.75, 3.05) is 25.0 Å². The summed E-state index contributed by atoms with van der Waals surface area (Å²) in [6, 6.07) is 0. The smallest absolute Gasteiger partial charge is 0.357 e. The minimum Gasteiger partial charge on any atom is -0.416 e. The first-order chi connectivity index (χ1) is 14.8. The van der Waals surface area contributed by atoms with Gasteiger partial charge in [0, 0.05) is 6.54 Å². The van der Waals surface area contributed by atoms with Crippen molar-refractivity contribution in [3.8, 4) is 5.75 Å². The molecule has 1 aromatic heterocycles. The Balaban J connectivity index is 1.86. The number of aromatic nitrogens is 1. The number of hydrogen-bond acceptors (Lipinski definition) is 6. The average molecular weight is 463 g/mol. The summed E-state index contributed by atoms with van der Waals surface area (Å²) in [7, 11) is 0. The SMILES string of the molecule is CCCNc1nc(CN2CCCCCC2)sc1C(=O)Oc1c(F)c(F)c(F)c(F)c1F. The van der Waals surface area contributed by atoms with E-state index in [1.807, 2.05) is 6.92 Å². The maximum Gasteiger partial charge on any atom is 0.357 e. The van der Waals surface area contributed by atoms with Gasteiger partial charge in [0.25, 0.3) is 0 Å². The van der Waals surface area contributed by atoms with Crippen LogP contribution in [-0.2, 0) is 6.54 Å². The van der Waals surface area contributed by atoms with E-state index < -0.39 is 40.8 Å². The maximum atomic E-state index is 13.9. The largest absolute Gasteiger partial charge is 0.416 e. The van der Waals surface area contributed by atoms with Crippen LogP contribution in [0.2, 0.25) is 0 Å². The van der Waals surface area contributed by atoms with Crippen LogP contribution in [0.15, 0.2) is 0 Å². The van der Waals surface area contributed by atoms with E-state index in [0.29, 0.717) is 24.5 Å². The number of esters is 1. The van der Waals surface area contributed by atoms with Gasteiger partial charge in [-0.1, -0.05) is 19.8 Å². The van der Waals surface area contributed by atoms with Gasteiger partial charge in [-0.25, -0.2) is 22.9 Å². The fraction of sp³-hybridized carbons (Fsp3) is 0.500. The number of likely N-dealkylation sites (tertiary alicyclic amines) is 1. The van der Waals surface area contributed by atoms with Crippen LogP contribution in [0.25, 0.3) is 0 Å². The Hall–Kier alpha value is -2.27. The number of anilines is 1. The number of rotatable bonds is 7. The molecule has 1 aliphatic rings. The molecule has 0 saturated carbocycles. The summed E-state index contributed by atoms with van der Waals surface area (Å²) in [5, 5.41) is 3.53.